The minimum Gasteiger partial charge on any atom is -0.507 e. The number of likely N-dealkylation sites (tertiary alicyclic amines) is 1. The highest BCUT2D eigenvalue weighted by Gasteiger charge is 2.19. The highest BCUT2D eigenvalue weighted by atomic mass is 32.1. The van der Waals surface area contributed by atoms with Gasteiger partial charge in [-0.05, 0) is 68.6 Å². The molecule has 2 aromatic heterocycles. The van der Waals surface area contributed by atoms with Crippen LogP contribution in [-0.2, 0) is 0 Å². The summed E-state index contributed by atoms with van der Waals surface area (Å²) >= 11 is 1.62. The van der Waals surface area contributed by atoms with E-state index in [-0.39, 0.29) is 5.75 Å². The quantitative estimate of drug-likeness (QED) is 0.747. The Morgan fingerprint density at radius 3 is 2.96 bits per heavy atom. The highest BCUT2D eigenvalue weighted by molar-refractivity contribution is 7.17. The van der Waals surface area contributed by atoms with E-state index >= 15 is 0 Å². The third-order valence-corrected chi connectivity index (χ3v) is 5.71. The number of aryl methyl sites for hydroxylation is 1. The van der Waals surface area contributed by atoms with Crippen molar-refractivity contribution in [3.63, 3.8) is 0 Å². The predicted molar refractivity (Wildman–Crippen MR) is 103 cm³/mol. The van der Waals surface area contributed by atoms with E-state index < -0.39 is 0 Å². The van der Waals surface area contributed by atoms with E-state index in [1.165, 1.54) is 6.42 Å². The monoisotopic (exact) mass is 354 g/mol. The molecule has 3 aromatic rings. The number of hydrogen-bond acceptors (Lipinski definition) is 6. The predicted octanol–water partition coefficient (Wildman–Crippen LogP) is 3.88. The molecule has 1 aliphatic rings. The summed E-state index contributed by atoms with van der Waals surface area (Å²) in [6, 6.07) is 8.29. The molecule has 0 amide bonds. The Morgan fingerprint density at radius 2 is 2.16 bits per heavy atom. The standard InChI is InChI=1S/C19H22N4OS/c1-12-10-16(14-5-6-17-15(18(14)24)7-9-25-17)21-22-19(12)20-13-4-3-8-23(2)11-13/h5-7,9-10,13,24H,3-4,8,11H2,1-2H3,(H,20,22)/t13-/m1/s1. The lowest BCUT2D eigenvalue weighted by molar-refractivity contribution is 0.260. The summed E-state index contributed by atoms with van der Waals surface area (Å²) in [5, 5.41) is 25.7. The van der Waals surface area contributed by atoms with Crippen molar-refractivity contribution in [1.82, 2.24) is 15.1 Å². The fourth-order valence-corrected chi connectivity index (χ4v) is 4.26. The SMILES string of the molecule is Cc1cc(-c2ccc3sccc3c2O)nnc1N[C@@H]1CCCN(C)C1. The van der Waals surface area contributed by atoms with Crippen molar-refractivity contribution in [2.45, 2.75) is 25.8 Å². The molecule has 1 saturated heterocycles. The largest absolute Gasteiger partial charge is 0.507 e. The zero-order valence-electron chi connectivity index (χ0n) is 14.5. The van der Waals surface area contributed by atoms with Gasteiger partial charge in [-0.2, -0.15) is 0 Å². The third kappa shape index (κ3) is 3.19. The lowest BCUT2D eigenvalue weighted by Crippen LogP contribution is -2.40. The van der Waals surface area contributed by atoms with Gasteiger partial charge in [-0.1, -0.05) is 0 Å². The van der Waals surface area contributed by atoms with Gasteiger partial charge >= 0.3 is 0 Å². The molecule has 0 unspecified atom stereocenters. The van der Waals surface area contributed by atoms with Crippen molar-refractivity contribution < 1.29 is 5.11 Å². The highest BCUT2D eigenvalue weighted by Crippen LogP contribution is 2.37. The number of nitrogens with zero attached hydrogens (tertiary/aromatic N) is 3. The number of hydrogen-bond donors (Lipinski definition) is 2. The van der Waals surface area contributed by atoms with Gasteiger partial charge in [0.1, 0.15) is 5.75 Å². The number of phenolic OH excluding ortho intramolecular Hbond substituents is 1. The topological polar surface area (TPSA) is 61.3 Å². The first kappa shape index (κ1) is 16.3. The van der Waals surface area contributed by atoms with E-state index in [2.05, 4.69) is 27.5 Å². The second-order valence-electron chi connectivity index (χ2n) is 6.80. The third-order valence-electron chi connectivity index (χ3n) is 4.83. The minimum absolute atomic E-state index is 0.280. The van der Waals surface area contributed by atoms with Gasteiger partial charge in [0, 0.05) is 28.2 Å². The van der Waals surface area contributed by atoms with Crippen LogP contribution in [0.15, 0.2) is 29.6 Å². The van der Waals surface area contributed by atoms with Crippen LogP contribution >= 0.6 is 11.3 Å². The molecule has 130 valence electrons. The number of anilines is 1. The summed E-state index contributed by atoms with van der Waals surface area (Å²) in [6.07, 6.45) is 2.36. The lowest BCUT2D eigenvalue weighted by Gasteiger charge is -2.30. The van der Waals surface area contributed by atoms with Crippen molar-refractivity contribution in [2.75, 3.05) is 25.5 Å². The summed E-state index contributed by atoms with van der Waals surface area (Å²) in [4.78, 5) is 2.34. The van der Waals surface area contributed by atoms with E-state index in [9.17, 15) is 5.11 Å². The van der Waals surface area contributed by atoms with Crippen molar-refractivity contribution >= 4 is 27.2 Å². The van der Waals surface area contributed by atoms with Crippen molar-refractivity contribution in [3.05, 3.63) is 35.2 Å². The van der Waals surface area contributed by atoms with Crippen molar-refractivity contribution in [3.8, 4) is 17.0 Å². The van der Waals surface area contributed by atoms with Crippen LogP contribution in [0.4, 0.5) is 5.82 Å². The Labute approximate surface area is 151 Å². The summed E-state index contributed by atoms with van der Waals surface area (Å²) in [5.74, 6) is 1.11. The van der Waals surface area contributed by atoms with Crippen LogP contribution in [0.1, 0.15) is 18.4 Å². The molecule has 1 fully saturated rings. The van der Waals surface area contributed by atoms with Crippen molar-refractivity contribution in [1.29, 1.82) is 0 Å². The van der Waals surface area contributed by atoms with E-state index in [1.807, 2.05) is 36.6 Å². The van der Waals surface area contributed by atoms with Gasteiger partial charge in [-0.15, -0.1) is 21.5 Å². The number of thiophene rings is 1. The molecule has 1 atom stereocenters. The molecule has 1 aromatic carbocycles. The number of piperidine rings is 1. The van der Waals surface area contributed by atoms with Crippen LogP contribution in [0, 0.1) is 6.92 Å². The number of likely N-dealkylation sites (N-methyl/N-ethyl adjacent to an activating group) is 1. The molecule has 2 N–H and O–H groups in total. The molecule has 0 saturated carbocycles. The van der Waals surface area contributed by atoms with Gasteiger partial charge in [0.2, 0.25) is 0 Å². The number of benzene rings is 1. The van der Waals surface area contributed by atoms with Gasteiger partial charge in [0.05, 0.1) is 5.69 Å². The molecule has 0 spiro atoms. The average molecular weight is 354 g/mol. The van der Waals surface area contributed by atoms with Crippen LogP contribution in [0.25, 0.3) is 21.3 Å². The fraction of sp³-hybridized carbons (Fsp3) is 0.368. The molecule has 1 aliphatic heterocycles. The van der Waals surface area contributed by atoms with Crippen molar-refractivity contribution in [2.24, 2.45) is 0 Å². The molecule has 3 heterocycles. The maximum Gasteiger partial charge on any atom is 0.151 e. The first-order valence-corrected chi connectivity index (χ1v) is 9.49. The molecule has 0 radical (unpaired) electrons. The van der Waals surface area contributed by atoms with Gasteiger partial charge in [0.15, 0.2) is 5.82 Å². The van der Waals surface area contributed by atoms with Crippen LogP contribution in [0.2, 0.25) is 0 Å². The smallest absolute Gasteiger partial charge is 0.151 e. The molecular formula is C19H22N4OS. The second kappa shape index (κ2) is 6.61. The van der Waals surface area contributed by atoms with E-state index in [0.717, 1.165) is 46.5 Å². The Kier molecular flexibility index (Phi) is 4.31. The Bertz CT molecular complexity index is 908. The number of nitrogens with one attached hydrogen (secondary N) is 1. The van der Waals surface area contributed by atoms with Crippen LogP contribution in [0.5, 0.6) is 5.75 Å². The first-order valence-electron chi connectivity index (χ1n) is 8.61. The first-order chi connectivity index (χ1) is 12.1. The van der Waals surface area contributed by atoms with E-state index in [1.54, 1.807) is 11.3 Å². The number of aromatic hydroxyl groups is 1. The van der Waals surface area contributed by atoms with Gasteiger partial charge in [0.25, 0.3) is 0 Å². The van der Waals surface area contributed by atoms with E-state index in [0.29, 0.717) is 11.7 Å². The van der Waals surface area contributed by atoms with Gasteiger partial charge in [-0.25, -0.2) is 0 Å². The number of phenols is 1. The van der Waals surface area contributed by atoms with Gasteiger partial charge in [-0.3, -0.25) is 0 Å². The minimum atomic E-state index is 0.280. The Morgan fingerprint density at radius 1 is 1.28 bits per heavy atom. The van der Waals surface area contributed by atoms with E-state index in [4.69, 9.17) is 0 Å². The molecule has 6 heteroatoms. The maximum absolute atomic E-state index is 10.6. The zero-order valence-corrected chi connectivity index (χ0v) is 15.3. The maximum atomic E-state index is 10.6. The second-order valence-corrected chi connectivity index (χ2v) is 7.75. The van der Waals surface area contributed by atoms with Crippen LogP contribution in [0.3, 0.4) is 0 Å². The average Bonchev–Trinajstić information content (AvgIpc) is 3.07. The molecule has 25 heavy (non-hydrogen) atoms. The molecule has 4 rings (SSSR count). The zero-order chi connectivity index (χ0) is 17.4. The Balaban J connectivity index is 1.61. The molecule has 0 aliphatic carbocycles. The fourth-order valence-electron chi connectivity index (χ4n) is 3.47. The van der Waals surface area contributed by atoms with Crippen LogP contribution in [-0.4, -0.2) is 46.4 Å². The molecule has 5 nitrogen and oxygen atoms in total. The summed E-state index contributed by atoms with van der Waals surface area (Å²) in [5.41, 5.74) is 2.47. The number of rotatable bonds is 3. The Hall–Kier alpha value is -2.18. The lowest BCUT2D eigenvalue weighted by atomic mass is 10.1. The summed E-state index contributed by atoms with van der Waals surface area (Å²) < 4.78 is 1.07. The molecular weight excluding hydrogens is 332 g/mol. The molecule has 0 bridgehead atoms. The normalized spacial score (nSPS) is 18.6. The van der Waals surface area contributed by atoms with Crippen LogP contribution < -0.4 is 5.32 Å². The number of fused-ring (bicyclic) bond motifs is 1. The summed E-state index contributed by atoms with van der Waals surface area (Å²) in [6.45, 7) is 4.22. The van der Waals surface area contributed by atoms with Gasteiger partial charge < -0.3 is 15.3 Å². The number of aromatic nitrogens is 2. The summed E-state index contributed by atoms with van der Waals surface area (Å²) in [7, 11) is 2.15.